The lowest BCUT2D eigenvalue weighted by Gasteiger charge is -2.13. The largest absolute Gasteiger partial charge is 0.490 e. The molecule has 2 aromatic rings. The standard InChI is InChI=1S/C23H22N4O3/c1-12(2)29-19-7-6-13(8-15(19)11-24)23-26-22(27-30-23)17-5-3-4-16-18(17)9-14-10-20(28)25-21(14)16/h3-8,12,14,21,23H,9-10H2,1-2H3,(H,25,28)(H,26,27). The molecule has 2 heterocycles. The normalized spacial score (nSPS) is 24.0. The van der Waals surface area contributed by atoms with Crippen LogP contribution in [-0.4, -0.2) is 17.8 Å². The van der Waals surface area contributed by atoms with Crippen molar-refractivity contribution in [3.63, 3.8) is 0 Å². The van der Waals surface area contributed by atoms with E-state index in [2.05, 4.69) is 22.9 Å². The second kappa shape index (κ2) is 7.15. The Balaban J connectivity index is 1.43. The number of amides is 1. The summed E-state index contributed by atoms with van der Waals surface area (Å²) in [6.45, 7) is 3.85. The number of carbonyl (C=O) groups is 1. The van der Waals surface area contributed by atoms with Gasteiger partial charge in [-0.05, 0) is 49.4 Å². The molecule has 1 amide bonds. The highest BCUT2D eigenvalue weighted by Crippen LogP contribution is 2.43. The summed E-state index contributed by atoms with van der Waals surface area (Å²) in [5.74, 6) is 1.66. The number of nitrogens with one attached hydrogen (secondary N) is 2. The monoisotopic (exact) mass is 402 g/mol. The minimum absolute atomic E-state index is 0.0126. The van der Waals surface area contributed by atoms with Gasteiger partial charge in [0.1, 0.15) is 11.8 Å². The van der Waals surface area contributed by atoms with Crippen LogP contribution >= 0.6 is 0 Å². The van der Waals surface area contributed by atoms with Gasteiger partial charge >= 0.3 is 0 Å². The van der Waals surface area contributed by atoms with Gasteiger partial charge in [0.05, 0.1) is 17.7 Å². The zero-order chi connectivity index (χ0) is 20.8. The maximum atomic E-state index is 11.7. The SMILES string of the molecule is CC(C)Oc1ccc(C2N=C(c3cccc4c3CC3CC(=O)NC43)NO2)cc1C#N. The van der Waals surface area contributed by atoms with Crippen LogP contribution < -0.4 is 15.5 Å². The molecule has 7 nitrogen and oxygen atoms in total. The summed E-state index contributed by atoms with van der Waals surface area (Å²) >= 11 is 0. The molecule has 30 heavy (non-hydrogen) atoms. The topological polar surface area (TPSA) is 95.7 Å². The first-order valence-corrected chi connectivity index (χ1v) is 10.1. The van der Waals surface area contributed by atoms with Crippen LogP contribution in [0.2, 0.25) is 0 Å². The number of nitriles is 1. The van der Waals surface area contributed by atoms with Crippen LogP contribution in [0, 0.1) is 17.2 Å². The minimum atomic E-state index is -0.545. The number of aliphatic imine (C=N–C) groups is 1. The Bertz CT molecular complexity index is 1100. The summed E-state index contributed by atoms with van der Waals surface area (Å²) in [4.78, 5) is 22.2. The number of rotatable bonds is 4. The third-order valence-corrected chi connectivity index (χ3v) is 5.79. The second-order valence-corrected chi connectivity index (χ2v) is 8.17. The number of carbonyl (C=O) groups excluding carboxylic acids is 1. The van der Waals surface area contributed by atoms with E-state index in [1.807, 2.05) is 32.0 Å². The lowest BCUT2D eigenvalue weighted by Crippen LogP contribution is -2.21. The van der Waals surface area contributed by atoms with Crippen LogP contribution in [0.1, 0.15) is 60.4 Å². The molecule has 0 spiro atoms. The smallest absolute Gasteiger partial charge is 0.220 e. The van der Waals surface area contributed by atoms with Crippen molar-refractivity contribution >= 4 is 11.7 Å². The number of nitrogens with zero attached hydrogens (tertiary/aromatic N) is 2. The predicted molar refractivity (Wildman–Crippen MR) is 110 cm³/mol. The molecule has 2 aliphatic heterocycles. The zero-order valence-electron chi connectivity index (χ0n) is 16.8. The van der Waals surface area contributed by atoms with Gasteiger partial charge < -0.3 is 10.1 Å². The first-order chi connectivity index (χ1) is 14.5. The highest BCUT2D eigenvalue weighted by Gasteiger charge is 2.41. The molecule has 3 atom stereocenters. The van der Waals surface area contributed by atoms with E-state index >= 15 is 0 Å². The average Bonchev–Trinajstić information content (AvgIpc) is 3.42. The van der Waals surface area contributed by atoms with Gasteiger partial charge in [-0.3, -0.25) is 4.79 Å². The molecule has 1 saturated heterocycles. The van der Waals surface area contributed by atoms with E-state index in [4.69, 9.17) is 14.6 Å². The summed E-state index contributed by atoms with van der Waals surface area (Å²) < 4.78 is 5.69. The Hall–Kier alpha value is -3.37. The Labute approximate surface area is 174 Å². The van der Waals surface area contributed by atoms with Crippen molar-refractivity contribution in [3.8, 4) is 11.8 Å². The van der Waals surface area contributed by atoms with Gasteiger partial charge in [-0.25, -0.2) is 15.3 Å². The Morgan fingerprint density at radius 1 is 1.27 bits per heavy atom. The lowest BCUT2D eigenvalue weighted by atomic mass is 10.0. The highest BCUT2D eigenvalue weighted by atomic mass is 16.7. The van der Waals surface area contributed by atoms with Crippen molar-refractivity contribution in [1.29, 1.82) is 5.26 Å². The van der Waals surface area contributed by atoms with E-state index in [1.54, 1.807) is 12.1 Å². The van der Waals surface area contributed by atoms with E-state index in [0.29, 0.717) is 29.5 Å². The third kappa shape index (κ3) is 3.10. The summed E-state index contributed by atoms with van der Waals surface area (Å²) in [7, 11) is 0. The quantitative estimate of drug-likeness (QED) is 0.820. The van der Waals surface area contributed by atoms with Crippen molar-refractivity contribution in [3.05, 3.63) is 64.2 Å². The lowest BCUT2D eigenvalue weighted by molar-refractivity contribution is -0.119. The number of ether oxygens (including phenoxy) is 1. The van der Waals surface area contributed by atoms with Gasteiger partial charge in [0.2, 0.25) is 12.1 Å². The zero-order valence-corrected chi connectivity index (χ0v) is 16.8. The second-order valence-electron chi connectivity index (χ2n) is 8.17. The van der Waals surface area contributed by atoms with Gasteiger partial charge in [-0.1, -0.05) is 24.3 Å². The molecule has 2 N–H and O–H groups in total. The van der Waals surface area contributed by atoms with Gasteiger partial charge in [-0.2, -0.15) is 5.26 Å². The molecule has 3 unspecified atom stereocenters. The number of hydroxylamine groups is 1. The average molecular weight is 402 g/mol. The van der Waals surface area contributed by atoms with Crippen LogP contribution in [0.15, 0.2) is 41.4 Å². The van der Waals surface area contributed by atoms with Crippen molar-refractivity contribution in [2.24, 2.45) is 10.9 Å². The maximum Gasteiger partial charge on any atom is 0.220 e. The molecule has 7 heteroatoms. The number of benzene rings is 2. The first kappa shape index (κ1) is 18.6. The van der Waals surface area contributed by atoms with Crippen molar-refractivity contribution in [1.82, 2.24) is 10.8 Å². The molecule has 3 aliphatic rings. The fraction of sp³-hybridized carbons (Fsp3) is 0.348. The summed E-state index contributed by atoms with van der Waals surface area (Å²) in [5.41, 5.74) is 7.57. The van der Waals surface area contributed by atoms with Crippen molar-refractivity contribution < 1.29 is 14.4 Å². The van der Waals surface area contributed by atoms with E-state index in [0.717, 1.165) is 17.5 Å². The summed E-state index contributed by atoms with van der Waals surface area (Å²) in [5, 5.41) is 12.6. The molecular formula is C23H22N4O3. The maximum absolute atomic E-state index is 11.7. The Morgan fingerprint density at radius 3 is 2.93 bits per heavy atom. The summed E-state index contributed by atoms with van der Waals surface area (Å²) in [6, 6.07) is 13.8. The molecular weight excluding hydrogens is 380 g/mol. The molecule has 152 valence electrons. The third-order valence-electron chi connectivity index (χ3n) is 5.79. The first-order valence-electron chi connectivity index (χ1n) is 10.1. The highest BCUT2D eigenvalue weighted by molar-refractivity contribution is 6.01. The van der Waals surface area contributed by atoms with Crippen LogP contribution in [0.5, 0.6) is 5.75 Å². The number of hydrogen-bond acceptors (Lipinski definition) is 6. The molecule has 2 aromatic carbocycles. The fourth-order valence-corrected chi connectivity index (χ4v) is 4.53. The van der Waals surface area contributed by atoms with Crippen molar-refractivity contribution in [2.45, 2.75) is 45.1 Å². The molecule has 1 aliphatic carbocycles. The van der Waals surface area contributed by atoms with Gasteiger partial charge in [0, 0.05) is 17.5 Å². The van der Waals surface area contributed by atoms with Crippen LogP contribution in [0.4, 0.5) is 0 Å². The Morgan fingerprint density at radius 2 is 2.13 bits per heavy atom. The minimum Gasteiger partial charge on any atom is -0.490 e. The molecule has 0 aromatic heterocycles. The van der Waals surface area contributed by atoms with E-state index < -0.39 is 6.23 Å². The molecule has 0 bridgehead atoms. The number of fused-ring (bicyclic) bond motifs is 3. The van der Waals surface area contributed by atoms with E-state index in [1.165, 1.54) is 11.1 Å². The molecule has 5 rings (SSSR count). The number of amidine groups is 1. The fourth-order valence-electron chi connectivity index (χ4n) is 4.53. The molecule has 0 radical (unpaired) electrons. The van der Waals surface area contributed by atoms with Crippen LogP contribution in [0.3, 0.4) is 0 Å². The van der Waals surface area contributed by atoms with Crippen molar-refractivity contribution in [2.75, 3.05) is 0 Å². The van der Waals surface area contributed by atoms with Crippen LogP contribution in [0.25, 0.3) is 0 Å². The van der Waals surface area contributed by atoms with Gasteiger partial charge in [-0.15, -0.1) is 0 Å². The van der Waals surface area contributed by atoms with Gasteiger partial charge in [0.25, 0.3) is 0 Å². The Kier molecular flexibility index (Phi) is 4.44. The van der Waals surface area contributed by atoms with Gasteiger partial charge in [0.15, 0.2) is 5.84 Å². The molecule has 1 fully saturated rings. The predicted octanol–water partition coefficient (Wildman–Crippen LogP) is 3.06. The van der Waals surface area contributed by atoms with E-state index in [9.17, 15) is 10.1 Å². The summed E-state index contributed by atoms with van der Waals surface area (Å²) in [6.07, 6.45) is 0.859. The van der Waals surface area contributed by atoms with Crippen LogP contribution in [-0.2, 0) is 16.1 Å². The number of hydrogen-bond donors (Lipinski definition) is 2. The van der Waals surface area contributed by atoms with E-state index in [-0.39, 0.29) is 18.1 Å². The molecule has 0 saturated carbocycles.